The Bertz CT molecular complexity index is 857. The minimum absolute atomic E-state index is 0.0638. The number of esters is 3. The van der Waals surface area contributed by atoms with Crippen LogP contribution in [0.4, 0.5) is 0 Å². The Labute approximate surface area is 355 Å². The molecule has 0 aliphatic rings. The van der Waals surface area contributed by atoms with Gasteiger partial charge < -0.3 is 14.2 Å². The standard InChI is InChI=1S/C51H98O6/c1-5-7-9-11-13-14-15-16-17-18-19-20-21-22-23-27-31-34-38-42-49(52)55-45-48(57-51(54)44-40-36-29-12-10-8-6-2)46-56-50(53)43-39-35-32-28-25-24-26-30-33-37-41-47(3)4/h47-48H,5-46H2,1-4H3/t48-/m1/s1. The van der Waals surface area contributed by atoms with Crippen molar-refractivity contribution < 1.29 is 28.6 Å². The maximum Gasteiger partial charge on any atom is 0.306 e. The summed E-state index contributed by atoms with van der Waals surface area (Å²) in [5.74, 6) is -0.0362. The SMILES string of the molecule is CCCCCCCCCCCCCCCCCCCCCC(=O)OC[C@H](COC(=O)CCCCCCCCCCCCC(C)C)OC(=O)CCCCCCCCC. The molecule has 0 bridgehead atoms. The van der Waals surface area contributed by atoms with Crippen LogP contribution in [0.3, 0.4) is 0 Å². The summed E-state index contributed by atoms with van der Waals surface area (Å²) in [7, 11) is 0. The molecule has 0 heterocycles. The first-order valence-corrected chi connectivity index (χ1v) is 25.4. The molecule has 0 amide bonds. The lowest BCUT2D eigenvalue weighted by Gasteiger charge is -2.18. The molecule has 0 spiro atoms. The van der Waals surface area contributed by atoms with Crippen LogP contribution < -0.4 is 0 Å². The summed E-state index contributed by atoms with van der Waals surface area (Å²) in [6.45, 7) is 8.97. The summed E-state index contributed by atoms with van der Waals surface area (Å²) in [6, 6.07) is 0. The Kier molecular flexibility index (Phi) is 44.2. The summed E-state index contributed by atoms with van der Waals surface area (Å²) in [5.41, 5.74) is 0. The van der Waals surface area contributed by atoms with E-state index >= 15 is 0 Å². The van der Waals surface area contributed by atoms with Gasteiger partial charge in [-0.25, -0.2) is 0 Å². The van der Waals surface area contributed by atoms with Gasteiger partial charge in [-0.05, 0) is 25.2 Å². The zero-order chi connectivity index (χ0) is 41.7. The monoisotopic (exact) mass is 807 g/mol. The lowest BCUT2D eigenvalue weighted by molar-refractivity contribution is -0.167. The number of rotatable bonds is 46. The molecule has 0 saturated carbocycles. The van der Waals surface area contributed by atoms with Crippen LogP contribution in [0.2, 0.25) is 0 Å². The number of hydrogen-bond acceptors (Lipinski definition) is 6. The maximum atomic E-state index is 12.6. The fraction of sp³-hybridized carbons (Fsp3) is 0.941. The van der Waals surface area contributed by atoms with Gasteiger partial charge in [-0.1, -0.05) is 246 Å². The molecule has 0 aliphatic carbocycles. The highest BCUT2D eigenvalue weighted by atomic mass is 16.6. The van der Waals surface area contributed by atoms with Crippen molar-refractivity contribution in [2.75, 3.05) is 13.2 Å². The minimum Gasteiger partial charge on any atom is -0.462 e. The molecular formula is C51H98O6. The quantitative estimate of drug-likeness (QED) is 0.0346. The Morgan fingerprint density at radius 1 is 0.333 bits per heavy atom. The van der Waals surface area contributed by atoms with Crippen LogP contribution in [0.5, 0.6) is 0 Å². The summed E-state index contributed by atoms with van der Waals surface area (Å²) in [4.78, 5) is 37.7. The van der Waals surface area contributed by atoms with E-state index < -0.39 is 6.10 Å². The van der Waals surface area contributed by atoms with Crippen molar-refractivity contribution >= 4 is 17.9 Å². The van der Waals surface area contributed by atoms with Crippen molar-refractivity contribution in [2.24, 2.45) is 5.92 Å². The smallest absolute Gasteiger partial charge is 0.306 e. The van der Waals surface area contributed by atoms with Gasteiger partial charge in [0.15, 0.2) is 6.10 Å². The molecule has 0 fully saturated rings. The summed E-state index contributed by atoms with van der Waals surface area (Å²) >= 11 is 0. The van der Waals surface area contributed by atoms with E-state index in [0.29, 0.717) is 19.3 Å². The van der Waals surface area contributed by atoms with Crippen LogP contribution in [-0.4, -0.2) is 37.2 Å². The first-order chi connectivity index (χ1) is 27.9. The number of hydrogen-bond donors (Lipinski definition) is 0. The summed E-state index contributed by atoms with van der Waals surface area (Å²) < 4.78 is 16.7. The van der Waals surface area contributed by atoms with Gasteiger partial charge in [-0.15, -0.1) is 0 Å². The number of ether oxygens (including phenoxy) is 3. The Balaban J connectivity index is 4.14. The van der Waals surface area contributed by atoms with Gasteiger partial charge in [-0.2, -0.15) is 0 Å². The molecule has 0 aromatic rings. The lowest BCUT2D eigenvalue weighted by Crippen LogP contribution is -2.30. The first-order valence-electron chi connectivity index (χ1n) is 25.4. The van der Waals surface area contributed by atoms with E-state index in [1.54, 1.807) is 0 Å². The number of unbranched alkanes of at least 4 members (excludes halogenated alkanes) is 33. The Morgan fingerprint density at radius 2 is 0.579 bits per heavy atom. The van der Waals surface area contributed by atoms with Crippen LogP contribution in [-0.2, 0) is 28.6 Å². The number of carbonyl (C=O) groups is 3. The normalized spacial score (nSPS) is 11.9. The molecular weight excluding hydrogens is 709 g/mol. The predicted octanol–water partition coefficient (Wildman–Crippen LogP) is 16.3. The van der Waals surface area contributed by atoms with Crippen molar-refractivity contribution in [3.63, 3.8) is 0 Å². The van der Waals surface area contributed by atoms with Crippen LogP contribution in [0.25, 0.3) is 0 Å². The van der Waals surface area contributed by atoms with E-state index in [1.807, 2.05) is 0 Å². The molecule has 0 N–H and O–H groups in total. The average Bonchev–Trinajstić information content (AvgIpc) is 3.19. The Hall–Kier alpha value is -1.59. The molecule has 0 aromatic heterocycles. The average molecular weight is 807 g/mol. The van der Waals surface area contributed by atoms with E-state index in [9.17, 15) is 14.4 Å². The molecule has 0 unspecified atom stereocenters. The molecule has 0 aromatic carbocycles. The second kappa shape index (κ2) is 45.5. The zero-order valence-electron chi connectivity index (χ0n) is 38.8. The van der Waals surface area contributed by atoms with Crippen molar-refractivity contribution in [3.05, 3.63) is 0 Å². The van der Waals surface area contributed by atoms with E-state index in [0.717, 1.165) is 63.7 Å². The fourth-order valence-corrected chi connectivity index (χ4v) is 7.69. The van der Waals surface area contributed by atoms with Gasteiger partial charge in [0.2, 0.25) is 0 Å². The second-order valence-corrected chi connectivity index (χ2v) is 17.9. The Morgan fingerprint density at radius 3 is 0.860 bits per heavy atom. The van der Waals surface area contributed by atoms with Crippen LogP contribution in [0.1, 0.15) is 285 Å². The van der Waals surface area contributed by atoms with Crippen LogP contribution in [0, 0.1) is 5.92 Å². The molecule has 0 aliphatic heterocycles. The van der Waals surface area contributed by atoms with Crippen LogP contribution >= 0.6 is 0 Å². The minimum atomic E-state index is -0.759. The second-order valence-electron chi connectivity index (χ2n) is 17.9. The molecule has 0 saturated heterocycles. The third-order valence-corrected chi connectivity index (χ3v) is 11.5. The van der Waals surface area contributed by atoms with E-state index in [4.69, 9.17) is 14.2 Å². The van der Waals surface area contributed by atoms with E-state index in [1.165, 1.54) is 180 Å². The molecule has 6 nitrogen and oxygen atoms in total. The highest BCUT2D eigenvalue weighted by molar-refractivity contribution is 5.71. The predicted molar refractivity (Wildman–Crippen MR) is 243 cm³/mol. The van der Waals surface area contributed by atoms with Crippen molar-refractivity contribution in [1.82, 2.24) is 0 Å². The van der Waals surface area contributed by atoms with E-state index in [2.05, 4.69) is 27.7 Å². The molecule has 338 valence electrons. The molecule has 1 atom stereocenters. The van der Waals surface area contributed by atoms with Gasteiger partial charge in [0.05, 0.1) is 0 Å². The van der Waals surface area contributed by atoms with Crippen molar-refractivity contribution in [3.8, 4) is 0 Å². The largest absolute Gasteiger partial charge is 0.462 e. The highest BCUT2D eigenvalue weighted by Crippen LogP contribution is 2.17. The fourth-order valence-electron chi connectivity index (χ4n) is 7.69. The van der Waals surface area contributed by atoms with Crippen molar-refractivity contribution in [1.29, 1.82) is 0 Å². The van der Waals surface area contributed by atoms with Gasteiger partial charge in [0.25, 0.3) is 0 Å². The third-order valence-electron chi connectivity index (χ3n) is 11.5. The first kappa shape index (κ1) is 55.4. The van der Waals surface area contributed by atoms with Gasteiger partial charge in [0.1, 0.15) is 13.2 Å². The molecule has 0 rings (SSSR count). The van der Waals surface area contributed by atoms with Crippen molar-refractivity contribution in [2.45, 2.75) is 291 Å². The topological polar surface area (TPSA) is 78.9 Å². The zero-order valence-corrected chi connectivity index (χ0v) is 38.8. The lowest BCUT2D eigenvalue weighted by atomic mass is 10.0. The van der Waals surface area contributed by atoms with Gasteiger partial charge in [-0.3, -0.25) is 14.4 Å². The highest BCUT2D eigenvalue weighted by Gasteiger charge is 2.19. The number of carbonyl (C=O) groups excluding carboxylic acids is 3. The maximum absolute atomic E-state index is 12.6. The van der Waals surface area contributed by atoms with Crippen LogP contribution in [0.15, 0.2) is 0 Å². The molecule has 0 radical (unpaired) electrons. The third kappa shape index (κ3) is 45.3. The van der Waals surface area contributed by atoms with Gasteiger partial charge >= 0.3 is 17.9 Å². The van der Waals surface area contributed by atoms with Gasteiger partial charge in [0, 0.05) is 19.3 Å². The molecule has 57 heavy (non-hydrogen) atoms. The summed E-state index contributed by atoms with van der Waals surface area (Å²) in [6.07, 6.45) is 46.8. The molecule has 6 heteroatoms. The summed E-state index contributed by atoms with van der Waals surface area (Å²) in [5, 5.41) is 0. The van der Waals surface area contributed by atoms with E-state index in [-0.39, 0.29) is 31.1 Å².